The van der Waals surface area contributed by atoms with Gasteiger partial charge in [-0.1, -0.05) is 0 Å². The van der Waals surface area contributed by atoms with Gasteiger partial charge in [0.05, 0.1) is 11.4 Å². The van der Waals surface area contributed by atoms with Crippen molar-refractivity contribution in [3.05, 3.63) is 12.1 Å². The minimum atomic E-state index is -0.103. The van der Waals surface area contributed by atoms with Gasteiger partial charge in [0, 0.05) is 5.69 Å². The molecule has 0 bridgehead atoms. The lowest BCUT2D eigenvalue weighted by atomic mass is 10.2. The molecule has 1 rings (SSSR count). The van der Waals surface area contributed by atoms with Crippen LogP contribution in [-0.4, -0.2) is 26.2 Å². The monoisotopic (exact) mass is 232 g/mol. The number of phenolic OH excluding ortho intramolecular Hbond substituents is 1. The van der Waals surface area contributed by atoms with Crippen LogP contribution in [0.15, 0.2) is 12.1 Å². The Labute approximate surface area is 96.4 Å². The lowest BCUT2D eigenvalue weighted by Crippen LogP contribution is -1.94. The molecule has 1 aromatic carbocycles. The molecule has 0 aromatic heterocycles. The highest BCUT2D eigenvalue weighted by molar-refractivity contribution is 5.72. The summed E-state index contributed by atoms with van der Waals surface area (Å²) in [6, 6.07) is 2.90. The molecule has 0 aliphatic carbocycles. The lowest BCUT2D eigenvalue weighted by molar-refractivity contribution is 0.480. The van der Waals surface area contributed by atoms with Gasteiger partial charge in [-0.25, -0.2) is 0 Å². The number of hydrogen-bond donors (Lipinski definition) is 7. The third kappa shape index (κ3) is 7.68. The molecule has 0 saturated carbocycles. The van der Waals surface area contributed by atoms with Crippen LogP contribution in [0.4, 0.5) is 17.1 Å². The largest absolute Gasteiger partial charge is 0.504 e. The van der Waals surface area contributed by atoms with Crippen molar-refractivity contribution in [3.8, 4) is 5.75 Å². The summed E-state index contributed by atoms with van der Waals surface area (Å²) in [4.78, 5) is 0. The van der Waals surface area contributed by atoms with Gasteiger partial charge in [0.1, 0.15) is 0 Å². The van der Waals surface area contributed by atoms with Crippen molar-refractivity contribution < 1.29 is 5.11 Å². The molecule has 16 heavy (non-hydrogen) atoms. The van der Waals surface area contributed by atoms with Crippen molar-refractivity contribution in [1.82, 2.24) is 0 Å². The Kier molecular flexibility index (Phi) is 16.5. The Morgan fingerprint density at radius 1 is 0.750 bits per heavy atom. The maximum atomic E-state index is 9.03. The first-order valence-corrected chi connectivity index (χ1v) is 4.48. The molecule has 0 radical (unpaired) electrons. The number of phenols is 1. The van der Waals surface area contributed by atoms with Crippen molar-refractivity contribution in [2.24, 2.45) is 17.2 Å². The molecule has 1 aromatic rings. The fourth-order valence-electron chi connectivity index (χ4n) is 0.704. The predicted octanol–water partition coefficient (Wildman–Crippen LogP) is -1.14. The summed E-state index contributed by atoms with van der Waals surface area (Å²) in [5.74, 6) is -0.103. The van der Waals surface area contributed by atoms with Crippen molar-refractivity contribution >= 4 is 17.1 Å². The van der Waals surface area contributed by atoms with E-state index in [1.54, 1.807) is 0 Å². The van der Waals surface area contributed by atoms with E-state index in [2.05, 4.69) is 17.2 Å². The summed E-state index contributed by atoms with van der Waals surface area (Å²) in [5, 5.41) is 9.03. The predicted molar refractivity (Wildman–Crippen MR) is 71.7 cm³/mol. The van der Waals surface area contributed by atoms with Gasteiger partial charge < -0.3 is 39.5 Å². The normalized spacial score (nSPS) is 7.12. The van der Waals surface area contributed by atoms with Crippen LogP contribution >= 0.6 is 0 Å². The van der Waals surface area contributed by atoms with Crippen LogP contribution in [0.3, 0.4) is 0 Å². The van der Waals surface area contributed by atoms with E-state index in [1.165, 1.54) is 33.3 Å². The van der Waals surface area contributed by atoms with Gasteiger partial charge in [-0.3, -0.25) is 0 Å². The first-order valence-electron chi connectivity index (χ1n) is 4.48. The molecule has 96 valence electrons. The Morgan fingerprint density at radius 3 is 1.25 bits per heavy atom. The molecule has 0 aliphatic rings. The quantitative estimate of drug-likeness (QED) is 0.168. The summed E-state index contributed by atoms with van der Waals surface area (Å²) in [5.41, 5.74) is 30.3. The number of benzene rings is 1. The van der Waals surface area contributed by atoms with Crippen molar-refractivity contribution in [2.75, 3.05) is 38.3 Å². The van der Waals surface area contributed by atoms with E-state index in [4.69, 9.17) is 22.3 Å². The lowest BCUT2D eigenvalue weighted by Gasteiger charge is -2.02. The summed E-state index contributed by atoms with van der Waals surface area (Å²) in [6.07, 6.45) is 0. The van der Waals surface area contributed by atoms with Crippen LogP contribution in [0, 0.1) is 0 Å². The maximum absolute atomic E-state index is 9.03. The van der Waals surface area contributed by atoms with Gasteiger partial charge in [0.15, 0.2) is 5.75 Å². The Bertz CT molecular complexity index is 243. The molecule has 0 atom stereocenters. The number of aromatic hydroxyl groups is 1. The number of nitrogens with two attached hydrogens (primary N) is 6. The average Bonchev–Trinajstić information content (AvgIpc) is 2.33. The second kappa shape index (κ2) is 13.3. The van der Waals surface area contributed by atoms with Gasteiger partial charge in [0.2, 0.25) is 0 Å². The zero-order chi connectivity index (χ0) is 13.7. The molecule has 0 spiro atoms. The van der Waals surface area contributed by atoms with Crippen LogP contribution in [-0.2, 0) is 0 Å². The fraction of sp³-hybridized carbons (Fsp3) is 0.333. The first-order chi connectivity index (χ1) is 7.61. The Morgan fingerprint density at radius 2 is 1.00 bits per heavy atom. The molecular weight excluding hydrogens is 208 g/mol. The Balaban J connectivity index is -0.000000245. The highest BCUT2D eigenvalue weighted by Gasteiger charge is 2.01. The van der Waals surface area contributed by atoms with Gasteiger partial charge in [-0.2, -0.15) is 0 Å². The van der Waals surface area contributed by atoms with Gasteiger partial charge in [0.25, 0.3) is 0 Å². The minimum Gasteiger partial charge on any atom is -0.504 e. The number of nitrogen functional groups attached to an aromatic ring is 3. The minimum absolute atomic E-state index is 0.103. The van der Waals surface area contributed by atoms with Crippen molar-refractivity contribution in [2.45, 2.75) is 0 Å². The van der Waals surface area contributed by atoms with Crippen LogP contribution in [0.25, 0.3) is 0 Å². The molecule has 7 heteroatoms. The standard InChI is InChI=1S/C6H9N3O.3CH5N/c7-3-1-4(8)6(10)5(9)2-3;3*1-2/h1-2,10H,7-9H2;3*2H2,1H3. The fourth-order valence-corrected chi connectivity index (χ4v) is 0.704. The van der Waals surface area contributed by atoms with E-state index in [-0.39, 0.29) is 17.1 Å². The third-order valence-electron chi connectivity index (χ3n) is 1.19. The van der Waals surface area contributed by atoms with Crippen LogP contribution in [0.1, 0.15) is 0 Å². The second-order valence-corrected chi connectivity index (χ2v) is 2.05. The highest BCUT2D eigenvalue weighted by atomic mass is 16.3. The molecule has 13 N–H and O–H groups in total. The molecule has 0 heterocycles. The molecule has 0 aliphatic heterocycles. The molecule has 7 nitrogen and oxygen atoms in total. The van der Waals surface area contributed by atoms with Crippen LogP contribution in [0.2, 0.25) is 0 Å². The van der Waals surface area contributed by atoms with Crippen molar-refractivity contribution in [1.29, 1.82) is 0 Å². The summed E-state index contributed by atoms with van der Waals surface area (Å²) < 4.78 is 0. The number of rotatable bonds is 0. The van der Waals surface area contributed by atoms with E-state index in [0.29, 0.717) is 5.69 Å². The van der Waals surface area contributed by atoms with E-state index in [9.17, 15) is 0 Å². The van der Waals surface area contributed by atoms with Gasteiger partial charge >= 0.3 is 0 Å². The topological polar surface area (TPSA) is 176 Å². The highest BCUT2D eigenvalue weighted by Crippen LogP contribution is 2.29. The zero-order valence-electron chi connectivity index (χ0n) is 10.1. The van der Waals surface area contributed by atoms with Gasteiger partial charge in [-0.05, 0) is 33.3 Å². The molecule has 0 saturated heterocycles. The van der Waals surface area contributed by atoms with E-state index in [1.807, 2.05) is 0 Å². The average molecular weight is 232 g/mol. The van der Waals surface area contributed by atoms with E-state index >= 15 is 0 Å². The van der Waals surface area contributed by atoms with Crippen LogP contribution in [0.5, 0.6) is 5.75 Å². The second-order valence-electron chi connectivity index (χ2n) is 2.05. The molecular formula is C9H24N6O. The third-order valence-corrected chi connectivity index (χ3v) is 1.19. The smallest absolute Gasteiger partial charge is 0.161 e. The molecule has 0 amide bonds. The van der Waals surface area contributed by atoms with Gasteiger partial charge in [-0.15, -0.1) is 0 Å². The Hall–Kier alpha value is -1.70. The number of hydrogen-bond acceptors (Lipinski definition) is 7. The maximum Gasteiger partial charge on any atom is 0.161 e. The van der Waals surface area contributed by atoms with E-state index < -0.39 is 0 Å². The summed E-state index contributed by atoms with van der Waals surface area (Å²) >= 11 is 0. The van der Waals surface area contributed by atoms with Crippen LogP contribution < -0.4 is 34.4 Å². The first kappa shape index (κ1) is 19.8. The summed E-state index contributed by atoms with van der Waals surface area (Å²) in [6.45, 7) is 0. The molecule has 0 fully saturated rings. The zero-order valence-corrected chi connectivity index (χ0v) is 10.1. The number of anilines is 3. The SMILES string of the molecule is CN.CN.CN.Nc1cc(N)c(O)c(N)c1. The van der Waals surface area contributed by atoms with E-state index in [0.717, 1.165) is 0 Å². The van der Waals surface area contributed by atoms with Crippen molar-refractivity contribution in [3.63, 3.8) is 0 Å². The molecule has 0 unspecified atom stereocenters. The summed E-state index contributed by atoms with van der Waals surface area (Å²) in [7, 11) is 4.50.